The van der Waals surface area contributed by atoms with Gasteiger partial charge in [-0.25, -0.2) is 4.79 Å². The van der Waals surface area contributed by atoms with Crippen molar-refractivity contribution in [3.05, 3.63) is 58.1 Å². The van der Waals surface area contributed by atoms with Crippen LogP contribution in [0, 0.1) is 13.8 Å². The first kappa shape index (κ1) is 15.9. The van der Waals surface area contributed by atoms with E-state index in [1.54, 1.807) is 20.1 Å². The Hall–Kier alpha value is -2.49. The Balaban J connectivity index is 2.41. The molecule has 0 spiro atoms. The number of carbonyl (C=O) groups is 1. The van der Waals surface area contributed by atoms with E-state index in [0.717, 1.165) is 22.4 Å². The third kappa shape index (κ3) is 3.06. The van der Waals surface area contributed by atoms with Crippen molar-refractivity contribution in [3.63, 3.8) is 0 Å². The Morgan fingerprint density at radius 3 is 2.27 bits per heavy atom. The number of hydrogen-bond acceptors (Lipinski definition) is 4. The van der Waals surface area contributed by atoms with Gasteiger partial charge >= 0.3 is 5.97 Å². The van der Waals surface area contributed by atoms with Gasteiger partial charge in [-0.3, -0.25) is 0 Å². The number of aromatic hydroxyl groups is 1. The lowest BCUT2D eigenvalue weighted by atomic mass is 9.93. The number of phenolic OH excluding ortho intramolecular Hbond substituents is 1. The molecule has 22 heavy (non-hydrogen) atoms. The molecule has 2 aromatic carbocycles. The van der Waals surface area contributed by atoms with Crippen LogP contribution in [-0.2, 0) is 11.2 Å². The van der Waals surface area contributed by atoms with Gasteiger partial charge in [0.05, 0.1) is 14.2 Å². The first-order valence-corrected chi connectivity index (χ1v) is 7.01. The summed E-state index contributed by atoms with van der Waals surface area (Å²) in [6, 6.07) is 9.47. The van der Waals surface area contributed by atoms with Gasteiger partial charge in [-0.05, 0) is 60.7 Å². The van der Waals surface area contributed by atoms with Crippen molar-refractivity contribution >= 4 is 5.97 Å². The molecular weight excluding hydrogens is 280 g/mol. The Morgan fingerprint density at radius 1 is 1.09 bits per heavy atom. The molecule has 0 aliphatic heterocycles. The fraction of sp³-hybridized carbons (Fsp3) is 0.278. The smallest absolute Gasteiger partial charge is 0.341 e. The molecule has 0 amide bonds. The predicted molar refractivity (Wildman–Crippen MR) is 84.7 cm³/mol. The lowest BCUT2D eigenvalue weighted by molar-refractivity contribution is 0.0597. The normalized spacial score (nSPS) is 10.4. The van der Waals surface area contributed by atoms with E-state index in [1.165, 1.54) is 7.11 Å². The van der Waals surface area contributed by atoms with Crippen molar-refractivity contribution in [2.24, 2.45) is 0 Å². The van der Waals surface area contributed by atoms with E-state index in [-0.39, 0.29) is 11.3 Å². The van der Waals surface area contributed by atoms with Crippen LogP contribution in [0.1, 0.15) is 32.6 Å². The second-order valence-corrected chi connectivity index (χ2v) is 5.20. The van der Waals surface area contributed by atoms with Crippen molar-refractivity contribution in [1.82, 2.24) is 0 Å². The van der Waals surface area contributed by atoms with E-state index < -0.39 is 5.97 Å². The van der Waals surface area contributed by atoms with Crippen molar-refractivity contribution in [3.8, 4) is 11.5 Å². The number of rotatable bonds is 4. The molecule has 0 aromatic heterocycles. The molecule has 116 valence electrons. The average Bonchev–Trinajstić information content (AvgIpc) is 2.55. The number of hydrogen-bond donors (Lipinski definition) is 1. The highest BCUT2D eigenvalue weighted by atomic mass is 16.5. The number of esters is 1. The van der Waals surface area contributed by atoms with E-state index in [1.807, 2.05) is 31.2 Å². The lowest BCUT2D eigenvalue weighted by Gasteiger charge is -2.14. The summed E-state index contributed by atoms with van der Waals surface area (Å²) in [7, 11) is 2.94. The first-order chi connectivity index (χ1) is 10.5. The highest BCUT2D eigenvalue weighted by molar-refractivity contribution is 5.93. The molecule has 0 atom stereocenters. The number of carbonyl (C=O) groups excluding carboxylic acids is 1. The summed E-state index contributed by atoms with van der Waals surface area (Å²) in [6.07, 6.45) is 0.668. The third-order valence-corrected chi connectivity index (χ3v) is 3.93. The topological polar surface area (TPSA) is 55.8 Å². The maximum absolute atomic E-state index is 11.8. The average molecular weight is 300 g/mol. The Kier molecular flexibility index (Phi) is 4.71. The molecule has 0 radical (unpaired) electrons. The van der Waals surface area contributed by atoms with Crippen LogP contribution in [0.15, 0.2) is 30.3 Å². The third-order valence-electron chi connectivity index (χ3n) is 3.93. The van der Waals surface area contributed by atoms with Gasteiger partial charge in [0.15, 0.2) is 0 Å². The molecule has 0 aliphatic carbocycles. The fourth-order valence-corrected chi connectivity index (χ4v) is 2.38. The minimum Gasteiger partial charge on any atom is -0.507 e. The van der Waals surface area contributed by atoms with E-state index in [0.29, 0.717) is 12.0 Å². The standard InChI is InChI=1S/C18H20O4/c1-11-12(2)17(19)16(18(20)22-4)10-14(11)9-13-5-7-15(21-3)8-6-13/h5-8,10,19H,9H2,1-4H3. The van der Waals surface area contributed by atoms with Gasteiger partial charge in [-0.1, -0.05) is 12.1 Å². The first-order valence-electron chi connectivity index (χ1n) is 7.01. The van der Waals surface area contributed by atoms with Crippen LogP contribution in [0.5, 0.6) is 11.5 Å². The monoisotopic (exact) mass is 300 g/mol. The molecule has 0 heterocycles. The number of ether oxygens (including phenoxy) is 2. The lowest BCUT2D eigenvalue weighted by Crippen LogP contribution is -2.06. The van der Waals surface area contributed by atoms with Gasteiger partial charge in [0.1, 0.15) is 17.1 Å². The summed E-state index contributed by atoms with van der Waals surface area (Å²) in [4.78, 5) is 11.8. The molecule has 0 unspecified atom stereocenters. The molecule has 0 saturated carbocycles. The minimum absolute atomic E-state index is 0.0113. The number of methoxy groups -OCH3 is 2. The molecule has 0 saturated heterocycles. The predicted octanol–water partition coefficient (Wildman–Crippen LogP) is 3.40. The van der Waals surface area contributed by atoms with E-state index in [9.17, 15) is 9.90 Å². The van der Waals surface area contributed by atoms with Crippen molar-refractivity contribution < 1.29 is 19.4 Å². The molecule has 1 N–H and O–H groups in total. The minimum atomic E-state index is -0.531. The molecule has 4 heteroatoms. The molecular formula is C18H20O4. The highest BCUT2D eigenvalue weighted by Crippen LogP contribution is 2.30. The van der Waals surface area contributed by atoms with Crippen molar-refractivity contribution in [1.29, 1.82) is 0 Å². The quantitative estimate of drug-likeness (QED) is 0.879. The number of benzene rings is 2. The van der Waals surface area contributed by atoms with Crippen LogP contribution >= 0.6 is 0 Å². The highest BCUT2D eigenvalue weighted by Gasteiger charge is 2.18. The fourth-order valence-electron chi connectivity index (χ4n) is 2.38. The Morgan fingerprint density at radius 2 is 1.73 bits per heavy atom. The zero-order valence-electron chi connectivity index (χ0n) is 13.3. The zero-order valence-corrected chi connectivity index (χ0v) is 13.3. The maximum atomic E-state index is 11.8. The van der Waals surface area contributed by atoms with Crippen LogP contribution in [0.25, 0.3) is 0 Å². The van der Waals surface area contributed by atoms with Gasteiger partial charge in [-0.15, -0.1) is 0 Å². The van der Waals surface area contributed by atoms with Crippen LogP contribution in [0.2, 0.25) is 0 Å². The van der Waals surface area contributed by atoms with Crippen LogP contribution in [0.4, 0.5) is 0 Å². The summed E-state index contributed by atoms with van der Waals surface area (Å²) in [5.41, 5.74) is 3.96. The van der Waals surface area contributed by atoms with Gasteiger partial charge < -0.3 is 14.6 Å². The molecule has 2 aromatic rings. The van der Waals surface area contributed by atoms with Gasteiger partial charge in [0, 0.05) is 0 Å². The summed E-state index contributed by atoms with van der Waals surface area (Å²) in [5.74, 6) is 0.261. The van der Waals surface area contributed by atoms with Gasteiger partial charge in [0.25, 0.3) is 0 Å². The molecule has 0 fully saturated rings. The van der Waals surface area contributed by atoms with Crippen molar-refractivity contribution in [2.45, 2.75) is 20.3 Å². The number of phenols is 1. The molecule has 4 nitrogen and oxygen atoms in total. The molecule has 0 aliphatic rings. The summed E-state index contributed by atoms with van der Waals surface area (Å²) in [6.45, 7) is 3.74. The van der Waals surface area contributed by atoms with Crippen molar-refractivity contribution in [2.75, 3.05) is 14.2 Å². The van der Waals surface area contributed by atoms with Crippen LogP contribution < -0.4 is 4.74 Å². The van der Waals surface area contributed by atoms with Crippen LogP contribution in [0.3, 0.4) is 0 Å². The van der Waals surface area contributed by atoms with Crippen LogP contribution in [-0.4, -0.2) is 25.3 Å². The summed E-state index contributed by atoms with van der Waals surface area (Å²) < 4.78 is 9.88. The van der Waals surface area contributed by atoms with Gasteiger partial charge in [0.2, 0.25) is 0 Å². The SMILES string of the molecule is COC(=O)c1cc(Cc2ccc(OC)cc2)c(C)c(C)c1O. The van der Waals surface area contributed by atoms with E-state index in [4.69, 9.17) is 9.47 Å². The summed E-state index contributed by atoms with van der Waals surface area (Å²) in [5, 5.41) is 10.1. The maximum Gasteiger partial charge on any atom is 0.341 e. The molecule has 2 rings (SSSR count). The van der Waals surface area contributed by atoms with E-state index >= 15 is 0 Å². The Bertz CT molecular complexity index is 687. The summed E-state index contributed by atoms with van der Waals surface area (Å²) >= 11 is 0. The second-order valence-electron chi connectivity index (χ2n) is 5.20. The zero-order chi connectivity index (χ0) is 16.3. The second kappa shape index (κ2) is 6.52. The Labute approximate surface area is 130 Å². The van der Waals surface area contributed by atoms with E-state index in [2.05, 4.69) is 0 Å². The largest absolute Gasteiger partial charge is 0.507 e. The van der Waals surface area contributed by atoms with Gasteiger partial charge in [-0.2, -0.15) is 0 Å². The molecule has 0 bridgehead atoms.